The van der Waals surface area contributed by atoms with Crippen LogP contribution in [0.4, 0.5) is 0 Å². The van der Waals surface area contributed by atoms with Gasteiger partial charge in [0.15, 0.2) is 0 Å². The summed E-state index contributed by atoms with van der Waals surface area (Å²) in [5, 5.41) is 0. The Bertz CT molecular complexity index is 125. The molecule has 3 aliphatic carbocycles. The number of hydrogen-bond donors (Lipinski definition) is 0. The van der Waals surface area contributed by atoms with Crippen molar-refractivity contribution in [3.63, 3.8) is 0 Å². The van der Waals surface area contributed by atoms with Crippen LogP contribution < -0.4 is 0 Å². The predicted molar refractivity (Wildman–Crippen MR) is 37.0 cm³/mol. The highest BCUT2D eigenvalue weighted by Gasteiger charge is 2.50. The number of hydrogen-bond acceptors (Lipinski definition) is 0. The molecule has 0 N–H and O–H groups in total. The van der Waals surface area contributed by atoms with Crippen LogP contribution in [0.1, 0.15) is 32.1 Å². The predicted octanol–water partition coefficient (Wildman–Crippen LogP) is 2.44. The third-order valence-electron chi connectivity index (χ3n) is 4.00. The van der Waals surface area contributed by atoms with Gasteiger partial charge in [0.25, 0.3) is 0 Å². The Labute approximate surface area is 56.6 Å². The van der Waals surface area contributed by atoms with Crippen LogP contribution in [0.15, 0.2) is 0 Å². The van der Waals surface area contributed by atoms with E-state index in [0.717, 1.165) is 0 Å². The molecule has 0 spiro atoms. The molecule has 9 heavy (non-hydrogen) atoms. The van der Waals surface area contributed by atoms with Crippen LogP contribution in [-0.4, -0.2) is 0 Å². The highest BCUT2D eigenvalue weighted by atomic mass is 14.5. The van der Waals surface area contributed by atoms with Crippen molar-refractivity contribution in [2.75, 3.05) is 0 Å². The first-order valence-corrected chi connectivity index (χ1v) is 4.43. The topological polar surface area (TPSA) is 0 Å². The molecule has 0 aromatic heterocycles. The van der Waals surface area contributed by atoms with E-state index in [-0.39, 0.29) is 0 Å². The van der Waals surface area contributed by atoms with Crippen LogP contribution in [-0.2, 0) is 0 Å². The van der Waals surface area contributed by atoms with Gasteiger partial charge in [0.2, 0.25) is 0 Å². The van der Waals surface area contributed by atoms with Gasteiger partial charge in [-0.05, 0) is 49.4 Å². The van der Waals surface area contributed by atoms with Crippen molar-refractivity contribution in [1.82, 2.24) is 0 Å². The molecule has 0 saturated heterocycles. The average Bonchev–Trinajstić information content (AvgIpc) is 2.04. The maximum Gasteiger partial charge on any atom is -0.0354 e. The van der Waals surface area contributed by atoms with Crippen molar-refractivity contribution >= 4 is 0 Å². The van der Waals surface area contributed by atoms with Gasteiger partial charge in [-0.15, -0.1) is 0 Å². The Hall–Kier alpha value is 0. The summed E-state index contributed by atoms with van der Waals surface area (Å²) >= 11 is 0. The second-order valence-electron chi connectivity index (χ2n) is 4.33. The SMILES string of the molecule is C1CC2CC3CC1CC23. The van der Waals surface area contributed by atoms with Gasteiger partial charge >= 0.3 is 0 Å². The fraction of sp³-hybridized carbons (Fsp3) is 1.00. The molecule has 2 bridgehead atoms. The van der Waals surface area contributed by atoms with E-state index in [2.05, 4.69) is 0 Å². The summed E-state index contributed by atoms with van der Waals surface area (Å²) in [6.45, 7) is 0. The molecule has 0 heteroatoms. The number of rotatable bonds is 0. The maximum absolute atomic E-state index is 1.62. The molecule has 50 valence electrons. The molecule has 0 aromatic carbocycles. The van der Waals surface area contributed by atoms with Gasteiger partial charge in [-0.25, -0.2) is 0 Å². The van der Waals surface area contributed by atoms with Crippen molar-refractivity contribution in [2.24, 2.45) is 23.7 Å². The van der Waals surface area contributed by atoms with Crippen molar-refractivity contribution < 1.29 is 0 Å². The van der Waals surface area contributed by atoms with Crippen molar-refractivity contribution in [3.8, 4) is 0 Å². The fourth-order valence-electron chi connectivity index (χ4n) is 3.51. The third-order valence-corrected chi connectivity index (χ3v) is 4.00. The third kappa shape index (κ3) is 0.461. The lowest BCUT2D eigenvalue weighted by Crippen LogP contribution is -2.32. The molecule has 0 radical (unpaired) electrons. The Morgan fingerprint density at radius 3 is 2.67 bits per heavy atom. The average molecular weight is 122 g/mol. The van der Waals surface area contributed by atoms with Gasteiger partial charge in [-0.3, -0.25) is 0 Å². The quantitative estimate of drug-likeness (QED) is 0.463. The highest BCUT2D eigenvalue weighted by molar-refractivity contribution is 5.00. The molecule has 0 amide bonds. The molecule has 0 aromatic rings. The maximum atomic E-state index is 1.62. The smallest absolute Gasteiger partial charge is 0.0354 e. The molecule has 0 aliphatic heterocycles. The van der Waals surface area contributed by atoms with Gasteiger partial charge in [0.1, 0.15) is 0 Å². The summed E-state index contributed by atoms with van der Waals surface area (Å²) in [5.41, 5.74) is 0. The normalized spacial score (nSPS) is 61.3. The Morgan fingerprint density at radius 2 is 1.78 bits per heavy atom. The van der Waals surface area contributed by atoms with E-state index >= 15 is 0 Å². The minimum absolute atomic E-state index is 1.18. The molecule has 3 fully saturated rings. The van der Waals surface area contributed by atoms with E-state index < -0.39 is 0 Å². The lowest BCUT2D eigenvalue weighted by atomic mass is 9.64. The van der Waals surface area contributed by atoms with Crippen molar-refractivity contribution in [1.29, 1.82) is 0 Å². The second kappa shape index (κ2) is 1.36. The van der Waals surface area contributed by atoms with Crippen LogP contribution >= 0.6 is 0 Å². The fourth-order valence-corrected chi connectivity index (χ4v) is 3.51. The first-order valence-electron chi connectivity index (χ1n) is 4.43. The highest BCUT2D eigenvalue weighted by Crippen LogP contribution is 2.59. The van der Waals surface area contributed by atoms with E-state index in [0.29, 0.717) is 0 Å². The Balaban J connectivity index is 1.95. The standard InChI is InChI=1S/C9H14/c1-2-7-5-8-3-6(1)4-9(7)8/h6-9H,1-5H2. The summed E-state index contributed by atoms with van der Waals surface area (Å²) in [7, 11) is 0. The van der Waals surface area contributed by atoms with Gasteiger partial charge in [-0.1, -0.05) is 6.42 Å². The van der Waals surface area contributed by atoms with Gasteiger partial charge in [-0.2, -0.15) is 0 Å². The minimum atomic E-state index is 1.18. The van der Waals surface area contributed by atoms with Crippen LogP contribution in [0.3, 0.4) is 0 Å². The molecular weight excluding hydrogens is 108 g/mol. The molecule has 0 nitrogen and oxygen atoms in total. The van der Waals surface area contributed by atoms with E-state index in [9.17, 15) is 0 Å². The number of fused-ring (bicyclic) bond motifs is 1. The van der Waals surface area contributed by atoms with Crippen molar-refractivity contribution in [2.45, 2.75) is 32.1 Å². The largest absolute Gasteiger partial charge is 0.0502 e. The molecule has 0 heterocycles. The Kier molecular flexibility index (Phi) is 0.717. The summed E-state index contributed by atoms with van der Waals surface area (Å²) in [4.78, 5) is 0. The van der Waals surface area contributed by atoms with Gasteiger partial charge in [0.05, 0.1) is 0 Å². The first kappa shape index (κ1) is 4.76. The van der Waals surface area contributed by atoms with Crippen LogP contribution in [0, 0.1) is 23.7 Å². The lowest BCUT2D eigenvalue weighted by Gasteiger charge is -2.41. The van der Waals surface area contributed by atoms with E-state index in [1.807, 2.05) is 0 Å². The Morgan fingerprint density at radius 1 is 0.778 bits per heavy atom. The van der Waals surface area contributed by atoms with E-state index in [1.54, 1.807) is 32.1 Å². The zero-order valence-corrected chi connectivity index (χ0v) is 5.84. The second-order valence-corrected chi connectivity index (χ2v) is 4.33. The van der Waals surface area contributed by atoms with E-state index in [4.69, 9.17) is 0 Å². The molecule has 3 aliphatic rings. The van der Waals surface area contributed by atoms with Crippen LogP contribution in [0.2, 0.25) is 0 Å². The molecule has 3 rings (SSSR count). The first-order chi connectivity index (χ1) is 4.43. The van der Waals surface area contributed by atoms with Gasteiger partial charge < -0.3 is 0 Å². The van der Waals surface area contributed by atoms with Gasteiger partial charge in [0, 0.05) is 0 Å². The summed E-state index contributed by atoms with van der Waals surface area (Å²) in [5.74, 6) is 4.82. The summed E-state index contributed by atoms with van der Waals surface area (Å²) < 4.78 is 0. The molecule has 4 atom stereocenters. The lowest BCUT2D eigenvalue weighted by molar-refractivity contribution is 0.0850. The zero-order chi connectivity index (χ0) is 5.84. The van der Waals surface area contributed by atoms with Crippen molar-refractivity contribution in [3.05, 3.63) is 0 Å². The van der Waals surface area contributed by atoms with E-state index in [1.165, 1.54) is 23.7 Å². The zero-order valence-electron chi connectivity index (χ0n) is 5.84. The summed E-state index contributed by atoms with van der Waals surface area (Å²) in [6, 6.07) is 0. The van der Waals surface area contributed by atoms with Crippen LogP contribution in [0.5, 0.6) is 0 Å². The monoisotopic (exact) mass is 122 g/mol. The molecule has 3 saturated carbocycles. The van der Waals surface area contributed by atoms with Crippen LogP contribution in [0.25, 0.3) is 0 Å². The summed E-state index contributed by atoms with van der Waals surface area (Å²) in [6.07, 6.45) is 8.02. The minimum Gasteiger partial charge on any atom is -0.0502 e. The molecule has 4 unspecified atom stereocenters. The molecular formula is C9H14.